The zero-order valence-corrected chi connectivity index (χ0v) is 20.7. The van der Waals surface area contributed by atoms with Crippen LogP contribution in [-0.2, 0) is 0 Å². The number of aromatic amines is 2. The molecule has 180 valence electrons. The summed E-state index contributed by atoms with van der Waals surface area (Å²) >= 11 is 1.01. The number of aromatic nitrogens is 4. The minimum absolute atomic E-state index is 0.146. The minimum atomic E-state index is -0.569. The Morgan fingerprint density at radius 3 is 2.54 bits per heavy atom. The summed E-state index contributed by atoms with van der Waals surface area (Å²) in [7, 11) is 0. The molecular formula is C27H27F2N5S. The molecule has 0 amide bonds. The maximum Gasteiger partial charge on any atom is 0.176 e. The predicted molar refractivity (Wildman–Crippen MR) is 142 cm³/mol. The van der Waals surface area contributed by atoms with Gasteiger partial charge in [0.15, 0.2) is 11.0 Å². The van der Waals surface area contributed by atoms with E-state index in [1.165, 1.54) is 12.1 Å². The van der Waals surface area contributed by atoms with E-state index in [-0.39, 0.29) is 21.6 Å². The fraction of sp³-hybridized carbons (Fsp3) is 0.111. The second kappa shape index (κ2) is 10.9. The zero-order valence-electron chi connectivity index (χ0n) is 19.9. The Morgan fingerprint density at radius 1 is 1.23 bits per heavy atom. The van der Waals surface area contributed by atoms with Crippen LogP contribution in [0, 0.1) is 12.1 Å². The van der Waals surface area contributed by atoms with Gasteiger partial charge < -0.3 is 10.7 Å². The van der Waals surface area contributed by atoms with E-state index >= 15 is 4.39 Å². The number of nitrogens with two attached hydrogens (primary N) is 1. The maximum atomic E-state index is 15.9. The average molecular weight is 492 g/mol. The number of allylic oxidation sites excluding steroid dienone is 7. The van der Waals surface area contributed by atoms with Crippen molar-refractivity contribution in [3.63, 3.8) is 0 Å². The van der Waals surface area contributed by atoms with E-state index in [1.807, 2.05) is 6.92 Å². The number of hydrogen-bond donors (Lipinski definition) is 3. The summed E-state index contributed by atoms with van der Waals surface area (Å²) in [5.74, 6) is -0.212. The van der Waals surface area contributed by atoms with Crippen molar-refractivity contribution in [2.45, 2.75) is 20.8 Å². The fourth-order valence-electron chi connectivity index (χ4n) is 3.51. The van der Waals surface area contributed by atoms with Crippen molar-refractivity contribution in [1.82, 2.24) is 20.2 Å². The largest absolute Gasteiger partial charge is 0.399 e. The third-order valence-electron chi connectivity index (χ3n) is 5.27. The molecule has 3 aromatic heterocycles. The number of H-pyrrole nitrogens is 2. The Morgan fingerprint density at radius 2 is 1.97 bits per heavy atom. The molecule has 8 heteroatoms. The summed E-state index contributed by atoms with van der Waals surface area (Å²) in [6, 6.07) is 3.09. The third kappa shape index (κ3) is 5.22. The first kappa shape index (κ1) is 25.6. The van der Waals surface area contributed by atoms with Crippen LogP contribution in [0.25, 0.3) is 29.0 Å². The highest BCUT2D eigenvalue weighted by Crippen LogP contribution is 2.31. The summed E-state index contributed by atoms with van der Waals surface area (Å²) < 4.78 is 29.6. The molecule has 3 rings (SSSR count). The van der Waals surface area contributed by atoms with Crippen LogP contribution < -0.4 is 16.3 Å². The normalized spacial score (nSPS) is 14.3. The molecule has 0 unspecified atom stereocenters. The zero-order chi connectivity index (χ0) is 25.7. The number of imidazole rings is 1. The molecule has 5 nitrogen and oxygen atoms in total. The lowest BCUT2D eigenvalue weighted by Crippen LogP contribution is -2.26. The molecule has 3 aromatic rings. The molecule has 0 aliphatic carbocycles. The van der Waals surface area contributed by atoms with Crippen molar-refractivity contribution in [1.29, 1.82) is 0 Å². The smallest absolute Gasteiger partial charge is 0.176 e. The number of thiophene rings is 1. The lowest BCUT2D eigenvalue weighted by Gasteiger charge is -2.05. The molecular weight excluding hydrogens is 464 g/mol. The Labute approximate surface area is 206 Å². The van der Waals surface area contributed by atoms with Gasteiger partial charge in [0.2, 0.25) is 0 Å². The molecule has 4 N–H and O–H groups in total. The van der Waals surface area contributed by atoms with E-state index in [4.69, 9.17) is 10.7 Å². The maximum absolute atomic E-state index is 15.9. The van der Waals surface area contributed by atoms with E-state index in [2.05, 4.69) is 34.9 Å². The molecule has 3 heterocycles. The molecule has 0 radical (unpaired) electrons. The first-order valence-corrected chi connectivity index (χ1v) is 11.6. The topological polar surface area (TPSA) is 83.4 Å². The van der Waals surface area contributed by atoms with Gasteiger partial charge in [0, 0.05) is 27.4 Å². The highest BCUT2D eigenvalue weighted by molar-refractivity contribution is 7.11. The van der Waals surface area contributed by atoms with Crippen molar-refractivity contribution in [2.75, 3.05) is 0 Å². The molecule has 0 aliphatic heterocycles. The summed E-state index contributed by atoms with van der Waals surface area (Å²) in [4.78, 5) is 8.60. The molecule has 35 heavy (non-hydrogen) atoms. The van der Waals surface area contributed by atoms with Crippen LogP contribution in [0.1, 0.15) is 30.1 Å². The lowest BCUT2D eigenvalue weighted by molar-refractivity contribution is 0.657. The molecule has 0 saturated carbocycles. The van der Waals surface area contributed by atoms with E-state index < -0.39 is 5.83 Å². The van der Waals surface area contributed by atoms with Crippen molar-refractivity contribution in [2.24, 2.45) is 5.73 Å². The Bertz CT molecular complexity index is 1510. The van der Waals surface area contributed by atoms with Crippen LogP contribution in [-0.4, -0.2) is 20.2 Å². The van der Waals surface area contributed by atoms with Gasteiger partial charge >= 0.3 is 0 Å². The minimum Gasteiger partial charge on any atom is -0.399 e. The number of hydrogen-bond acceptors (Lipinski definition) is 4. The van der Waals surface area contributed by atoms with Gasteiger partial charge in [0.05, 0.1) is 16.3 Å². The van der Waals surface area contributed by atoms with E-state index in [0.717, 1.165) is 11.3 Å². The molecule has 0 fully saturated rings. The standard InChI is InChI=1S/C27H27F2N5S/c1-7-11-19(21-12-13-22(28)35-21)25-16(6)31-27(32-25)26-23(20(10-4)33-34-26)24(29)15(5)17(8-2)14-18(30)9-3/h7-14,33H,1,3,5,30H2,2,4,6H3,(H,31,32)/b17-8+,18-14+,19-11-,20-10+,24-23-. The monoisotopic (exact) mass is 491 g/mol. The van der Waals surface area contributed by atoms with Gasteiger partial charge in [-0.2, -0.15) is 9.49 Å². The van der Waals surface area contributed by atoms with Gasteiger partial charge in [-0.05, 0) is 50.6 Å². The van der Waals surface area contributed by atoms with Crippen molar-refractivity contribution in [3.8, 4) is 11.5 Å². The van der Waals surface area contributed by atoms with Crippen LogP contribution in [0.2, 0.25) is 0 Å². The second-order valence-corrected chi connectivity index (χ2v) is 8.55. The lowest BCUT2D eigenvalue weighted by atomic mass is 10.0. The molecule has 0 bridgehead atoms. The van der Waals surface area contributed by atoms with Gasteiger partial charge in [-0.1, -0.05) is 44.0 Å². The van der Waals surface area contributed by atoms with Gasteiger partial charge in [0.25, 0.3) is 0 Å². The third-order valence-corrected chi connectivity index (χ3v) is 6.18. The Kier molecular flexibility index (Phi) is 7.98. The molecule has 0 spiro atoms. The van der Waals surface area contributed by atoms with Crippen molar-refractivity contribution < 1.29 is 8.78 Å². The Balaban J connectivity index is 2.22. The number of nitrogens with one attached hydrogen (secondary N) is 2. The van der Waals surface area contributed by atoms with Gasteiger partial charge in [0.1, 0.15) is 11.5 Å². The number of nitrogens with zero attached hydrogens (tertiary/aromatic N) is 2. The average Bonchev–Trinajstić information content (AvgIpc) is 3.57. The highest BCUT2D eigenvalue weighted by Gasteiger charge is 2.20. The van der Waals surface area contributed by atoms with Crippen LogP contribution >= 0.6 is 11.3 Å². The quantitative estimate of drug-likeness (QED) is 0.372. The number of halogens is 2. The molecule has 0 aliphatic rings. The van der Waals surface area contributed by atoms with Crippen LogP contribution in [0.5, 0.6) is 0 Å². The summed E-state index contributed by atoms with van der Waals surface area (Å²) in [5, 5.41) is 7.60. The summed E-state index contributed by atoms with van der Waals surface area (Å²) in [6.45, 7) is 16.7. The second-order valence-electron chi connectivity index (χ2n) is 7.51. The van der Waals surface area contributed by atoms with Crippen molar-refractivity contribution in [3.05, 3.63) is 111 Å². The first-order chi connectivity index (χ1) is 16.7. The fourth-order valence-corrected chi connectivity index (χ4v) is 4.27. The van der Waals surface area contributed by atoms with E-state index in [0.29, 0.717) is 44.3 Å². The van der Waals surface area contributed by atoms with Crippen LogP contribution in [0.3, 0.4) is 0 Å². The first-order valence-electron chi connectivity index (χ1n) is 10.8. The summed E-state index contributed by atoms with van der Waals surface area (Å²) in [5.41, 5.74) is 9.20. The Hall–Kier alpha value is -4.04. The highest BCUT2D eigenvalue weighted by atomic mass is 32.1. The summed E-state index contributed by atoms with van der Waals surface area (Å²) in [6.07, 6.45) is 9.89. The van der Waals surface area contributed by atoms with Crippen LogP contribution in [0.4, 0.5) is 8.78 Å². The van der Waals surface area contributed by atoms with Gasteiger partial charge in [-0.3, -0.25) is 5.10 Å². The number of rotatable bonds is 8. The SMILES string of the molecule is C=C/C=C(/c1ccc(F)s1)c1nc(-c2n[nH]c(=C/C)/c2=C(/F)C(=C)C(/C=C(/N)C=C)=C/C)[nH]c1C. The molecule has 0 saturated heterocycles. The van der Waals surface area contributed by atoms with Crippen LogP contribution in [0.15, 0.2) is 79.1 Å². The predicted octanol–water partition coefficient (Wildman–Crippen LogP) is 5.34. The van der Waals surface area contributed by atoms with Crippen molar-refractivity contribution >= 4 is 28.8 Å². The van der Waals surface area contributed by atoms with Gasteiger partial charge in [-0.25, -0.2) is 9.37 Å². The van der Waals surface area contributed by atoms with E-state index in [9.17, 15) is 4.39 Å². The molecule has 0 atom stereocenters. The molecule has 0 aromatic carbocycles. The van der Waals surface area contributed by atoms with Gasteiger partial charge in [-0.15, -0.1) is 11.3 Å². The van der Waals surface area contributed by atoms with E-state index in [1.54, 1.807) is 50.3 Å². The number of aryl methyl sites for hydroxylation is 1.